The van der Waals surface area contributed by atoms with Gasteiger partial charge in [0.05, 0.1) is 41.1 Å². The van der Waals surface area contributed by atoms with E-state index in [0.717, 1.165) is 35.3 Å². The van der Waals surface area contributed by atoms with Crippen molar-refractivity contribution in [2.45, 2.75) is 58.9 Å². The molecule has 7 rings (SSSR count). The molecule has 1 aromatic heterocycles. The zero-order valence-corrected chi connectivity index (χ0v) is 34.1. The Hall–Kier alpha value is -6.23. The van der Waals surface area contributed by atoms with Gasteiger partial charge in [-0.3, -0.25) is 29.5 Å². The number of hydrogen-bond donors (Lipinski definition) is 6. The summed E-state index contributed by atoms with van der Waals surface area (Å²) >= 11 is 0. The zero-order valence-electron chi connectivity index (χ0n) is 34.1. The van der Waals surface area contributed by atoms with Crippen LogP contribution in [0.2, 0.25) is 0 Å². The number of halogens is 2. The van der Waals surface area contributed by atoms with Crippen LogP contribution >= 0.6 is 0 Å². The maximum absolute atomic E-state index is 15.0. The van der Waals surface area contributed by atoms with Gasteiger partial charge in [-0.2, -0.15) is 4.99 Å². The summed E-state index contributed by atoms with van der Waals surface area (Å²) in [5.41, 5.74) is 5.55. The molecule has 2 atom stereocenters. The summed E-state index contributed by atoms with van der Waals surface area (Å²) in [5, 5.41) is 23.0. The van der Waals surface area contributed by atoms with Crippen LogP contribution in [0.5, 0.6) is 0 Å². The summed E-state index contributed by atoms with van der Waals surface area (Å²) in [6.07, 6.45) is 2.84. The quantitative estimate of drug-likeness (QED) is 0.0973. The number of carbonyl (C=O) groups is 4. The number of ether oxygens (including phenoxy) is 1. The molecule has 5 heterocycles. The first-order valence-electron chi connectivity index (χ1n) is 20.2. The molecule has 2 bridgehead atoms. The number of aliphatic imine (C=N–C) groups is 1. The highest BCUT2D eigenvalue weighted by molar-refractivity contribution is 6.20. The number of pyridine rings is 1. The molecule has 15 nitrogen and oxygen atoms in total. The van der Waals surface area contributed by atoms with Gasteiger partial charge < -0.3 is 41.2 Å². The highest BCUT2D eigenvalue weighted by Crippen LogP contribution is 2.38. The van der Waals surface area contributed by atoms with E-state index in [1.165, 1.54) is 18.3 Å². The summed E-state index contributed by atoms with van der Waals surface area (Å²) in [7, 11) is 1.73. The second kappa shape index (κ2) is 17.9. The van der Waals surface area contributed by atoms with Crippen molar-refractivity contribution in [2.24, 2.45) is 16.8 Å². The Morgan fingerprint density at radius 3 is 2.50 bits per heavy atom. The highest BCUT2D eigenvalue weighted by Gasteiger charge is 2.36. The number of guanidine groups is 1. The van der Waals surface area contributed by atoms with Crippen LogP contribution in [-0.4, -0.2) is 87.2 Å². The lowest BCUT2D eigenvalue weighted by Crippen LogP contribution is -2.54. The van der Waals surface area contributed by atoms with E-state index >= 15 is 8.78 Å². The number of nitrogens with zero attached hydrogens (tertiary/aromatic N) is 4. The molecular formula is C43H50F2N10O5. The van der Waals surface area contributed by atoms with E-state index in [9.17, 15) is 19.2 Å². The van der Waals surface area contributed by atoms with Crippen LogP contribution in [0.25, 0.3) is 5.57 Å². The van der Waals surface area contributed by atoms with Crippen molar-refractivity contribution < 1.29 is 32.7 Å². The first kappa shape index (κ1) is 41.9. The van der Waals surface area contributed by atoms with Gasteiger partial charge in [0.1, 0.15) is 11.6 Å². The molecule has 6 N–H and O–H groups in total. The monoisotopic (exact) mass is 824 g/mol. The maximum atomic E-state index is 15.0. The van der Waals surface area contributed by atoms with Crippen LogP contribution in [0, 0.1) is 42.7 Å². The average molecular weight is 825 g/mol. The van der Waals surface area contributed by atoms with Gasteiger partial charge in [0.2, 0.25) is 23.7 Å². The van der Waals surface area contributed by atoms with Gasteiger partial charge in [-0.05, 0) is 80.5 Å². The molecule has 0 radical (unpaired) electrons. The highest BCUT2D eigenvalue weighted by atomic mass is 19.1. The molecule has 17 heteroatoms. The van der Waals surface area contributed by atoms with E-state index in [-0.39, 0.29) is 41.8 Å². The Balaban J connectivity index is 0.956. The van der Waals surface area contributed by atoms with Crippen LogP contribution in [0.3, 0.4) is 0 Å². The van der Waals surface area contributed by atoms with E-state index < -0.39 is 35.3 Å². The number of allylic oxidation sites excluding steroid dienone is 1. The second-order valence-electron chi connectivity index (χ2n) is 15.8. The van der Waals surface area contributed by atoms with Gasteiger partial charge in [0, 0.05) is 81.5 Å². The van der Waals surface area contributed by atoms with Crippen LogP contribution in [0.4, 0.5) is 25.8 Å². The minimum Gasteiger partial charge on any atom is -0.479 e. The molecule has 0 saturated carbocycles. The summed E-state index contributed by atoms with van der Waals surface area (Å²) in [6, 6.07) is 9.81. The third-order valence-electron chi connectivity index (χ3n) is 11.2. The van der Waals surface area contributed by atoms with E-state index in [1.807, 2.05) is 6.92 Å². The van der Waals surface area contributed by atoms with E-state index in [4.69, 9.17) is 10.1 Å². The number of amides is 4. The number of piperidine rings is 1. The van der Waals surface area contributed by atoms with Crippen LogP contribution in [0.1, 0.15) is 77.0 Å². The van der Waals surface area contributed by atoms with Crippen molar-refractivity contribution in [3.63, 3.8) is 0 Å². The lowest BCUT2D eigenvalue weighted by atomic mass is 9.89. The number of aryl methyl sites for hydroxylation is 2. The molecule has 2 aromatic carbocycles. The largest absolute Gasteiger partial charge is 0.479 e. The smallest absolute Gasteiger partial charge is 0.280 e. The van der Waals surface area contributed by atoms with Gasteiger partial charge in [0.15, 0.2) is 5.88 Å². The standard InChI is InChI=1S/C43H50F2N10O5/c1-23-6-5-11-60-42(47-4)31(18-46)34-15-27(13-25(3)50-34)40(58)53-43-52-38-24(2)12-26(14-35(38)55(43)20-23)19-48-9-10-49-39(57)28-21-54(22-28)29-16-32(44)37(33(45)17-29)30-7-8-36(56)51-41(30)59/h12-18,23,28,30,46-48H,5-11,19-22H2,1-4H3,(H,49,57)(H,51,56,59)(H,52,53,58)/b42-31-,46-18?/t23-,30+/m0/s1. The predicted octanol–water partition coefficient (Wildman–Crippen LogP) is 4.25. The summed E-state index contributed by atoms with van der Waals surface area (Å²) in [4.78, 5) is 63.3. The van der Waals surface area contributed by atoms with Gasteiger partial charge in [0.25, 0.3) is 5.91 Å². The molecule has 0 spiro atoms. The third kappa shape index (κ3) is 9.00. The van der Waals surface area contributed by atoms with E-state index in [2.05, 4.69) is 60.5 Å². The molecule has 60 heavy (non-hydrogen) atoms. The fourth-order valence-corrected chi connectivity index (χ4v) is 8.09. The first-order valence-corrected chi connectivity index (χ1v) is 20.2. The van der Waals surface area contributed by atoms with E-state index in [0.29, 0.717) is 80.2 Å². The lowest BCUT2D eigenvalue weighted by molar-refractivity contribution is -0.134. The average Bonchev–Trinajstić information content (AvgIpc) is 3.51. The number of carbonyl (C=O) groups excluding carboxylic acids is 4. The number of benzene rings is 2. The minimum absolute atomic E-state index is 0.0121. The summed E-state index contributed by atoms with van der Waals surface area (Å²) < 4.78 is 36.1. The maximum Gasteiger partial charge on any atom is 0.280 e. The molecule has 2 fully saturated rings. The number of aromatic nitrogens is 1. The van der Waals surface area contributed by atoms with E-state index in [1.54, 1.807) is 31.0 Å². The Kier molecular flexibility index (Phi) is 12.5. The van der Waals surface area contributed by atoms with Crippen molar-refractivity contribution in [3.05, 3.63) is 87.6 Å². The number of hydrogen-bond acceptors (Lipinski definition) is 12. The predicted molar refractivity (Wildman–Crippen MR) is 224 cm³/mol. The summed E-state index contributed by atoms with van der Waals surface area (Å²) in [6.45, 7) is 8.97. The number of fused-ring (bicyclic) bond motifs is 5. The Morgan fingerprint density at radius 2 is 1.78 bits per heavy atom. The van der Waals surface area contributed by atoms with Crippen LogP contribution in [-0.2, 0) is 25.7 Å². The molecule has 0 aliphatic carbocycles. The normalized spacial score (nSPS) is 21.8. The van der Waals surface area contributed by atoms with Gasteiger partial charge in [-0.25, -0.2) is 8.78 Å². The van der Waals surface area contributed by atoms with Crippen LogP contribution in [0.15, 0.2) is 47.3 Å². The van der Waals surface area contributed by atoms with Gasteiger partial charge in [-0.15, -0.1) is 0 Å². The topological polar surface area (TPSA) is 193 Å². The first-order chi connectivity index (χ1) is 28.8. The number of imide groups is 1. The second-order valence-corrected chi connectivity index (χ2v) is 15.8. The molecule has 0 unspecified atom stereocenters. The van der Waals surface area contributed by atoms with Crippen LogP contribution < -0.4 is 36.4 Å². The molecule has 3 aromatic rings. The van der Waals surface area contributed by atoms with Crippen molar-refractivity contribution >= 4 is 58.4 Å². The van der Waals surface area contributed by atoms with Gasteiger partial charge in [-0.1, -0.05) is 13.0 Å². The SMILES string of the molecule is CN/C1=C(\C=N)c2cc(cc(C)n2)C(=O)/N=C2\Nc3c(C)cc(CNCCNC(=O)C4CN(c5cc(F)c([C@H]6CCC(=O)NC6=O)c(F)c5)C4)cc3N2C[C@@H](C)CCCO1. The zero-order chi connectivity index (χ0) is 42.7. The molecule has 4 aliphatic heterocycles. The minimum atomic E-state index is -1.07. The van der Waals surface area contributed by atoms with Crippen molar-refractivity contribution in [3.8, 4) is 0 Å². The fraction of sp³-hybridized carbons (Fsp3) is 0.419. The molecule has 316 valence electrons. The Bertz CT molecular complexity index is 2270. The molecule has 4 aliphatic rings. The number of rotatable bonds is 10. The molecule has 4 amide bonds. The molecular weight excluding hydrogens is 775 g/mol. The fourth-order valence-electron chi connectivity index (χ4n) is 8.09. The van der Waals surface area contributed by atoms with Crippen molar-refractivity contribution in [2.75, 3.05) is 61.5 Å². The summed E-state index contributed by atoms with van der Waals surface area (Å²) in [5.74, 6) is -3.83. The molecule has 2 saturated heterocycles. The Labute approximate surface area is 346 Å². The van der Waals surface area contributed by atoms with Crippen molar-refractivity contribution in [1.82, 2.24) is 26.3 Å². The van der Waals surface area contributed by atoms with Crippen molar-refractivity contribution in [1.29, 1.82) is 5.41 Å². The Morgan fingerprint density at radius 1 is 1.02 bits per heavy atom. The third-order valence-corrected chi connectivity index (χ3v) is 11.2. The van der Waals surface area contributed by atoms with Gasteiger partial charge >= 0.3 is 0 Å². The number of anilines is 3. The lowest BCUT2D eigenvalue weighted by Gasteiger charge is -2.40. The number of nitrogens with one attached hydrogen (secondary N) is 6.